The van der Waals surface area contributed by atoms with Crippen molar-refractivity contribution in [3.63, 3.8) is 0 Å². The van der Waals surface area contributed by atoms with E-state index in [1.165, 1.54) is 57.8 Å². The molecule has 0 aromatic carbocycles. The first-order valence-electron chi connectivity index (χ1n) is 7.99. The molecule has 2 aliphatic carbocycles. The molecule has 3 heteroatoms. The summed E-state index contributed by atoms with van der Waals surface area (Å²) in [5.74, 6) is 0. The summed E-state index contributed by atoms with van der Waals surface area (Å²) in [6.45, 7) is 2.03. The zero-order chi connectivity index (χ0) is 12.4. The minimum Gasteiger partial charge on any atom is -0.375 e. The van der Waals surface area contributed by atoms with Crippen LogP contribution in [0.2, 0.25) is 0 Å². The molecule has 2 saturated carbocycles. The van der Waals surface area contributed by atoms with Crippen LogP contribution in [0.25, 0.3) is 0 Å². The highest BCUT2D eigenvalue weighted by Crippen LogP contribution is 2.33. The van der Waals surface area contributed by atoms with Gasteiger partial charge in [-0.25, -0.2) is 0 Å². The topological polar surface area (TPSA) is 38.5 Å². The van der Waals surface area contributed by atoms with Gasteiger partial charge in [0.1, 0.15) is 0 Å². The van der Waals surface area contributed by atoms with E-state index in [-0.39, 0.29) is 0 Å². The molecule has 0 spiro atoms. The fraction of sp³-hybridized carbons (Fsp3) is 1.00. The van der Waals surface area contributed by atoms with Crippen LogP contribution in [0.4, 0.5) is 0 Å². The Morgan fingerprint density at radius 2 is 1.61 bits per heavy atom. The third-order valence-corrected chi connectivity index (χ3v) is 5.23. The van der Waals surface area contributed by atoms with Gasteiger partial charge in [0, 0.05) is 24.7 Å². The minimum atomic E-state index is 0.393. The number of hydrogen-bond acceptors (Lipinski definition) is 3. The summed E-state index contributed by atoms with van der Waals surface area (Å²) in [5.41, 5.74) is 6.48. The second kappa shape index (κ2) is 5.89. The van der Waals surface area contributed by atoms with E-state index < -0.39 is 0 Å². The van der Waals surface area contributed by atoms with E-state index in [1.54, 1.807) is 0 Å². The van der Waals surface area contributed by atoms with E-state index >= 15 is 0 Å². The van der Waals surface area contributed by atoms with Gasteiger partial charge < -0.3 is 10.5 Å². The van der Waals surface area contributed by atoms with E-state index in [4.69, 9.17) is 10.5 Å². The lowest BCUT2D eigenvalue weighted by atomic mass is 9.90. The number of nitrogens with two attached hydrogens (primary N) is 1. The summed E-state index contributed by atoms with van der Waals surface area (Å²) in [6.07, 6.45) is 12.5. The number of fused-ring (bicyclic) bond motifs is 1. The van der Waals surface area contributed by atoms with Crippen LogP contribution in [0.5, 0.6) is 0 Å². The van der Waals surface area contributed by atoms with Crippen LogP contribution in [0, 0.1) is 0 Å². The molecular formula is C15H28N2O. The Bertz CT molecular complexity index is 271. The Morgan fingerprint density at radius 1 is 0.833 bits per heavy atom. The standard InChI is InChI=1S/C15H28N2O/c16-12-6-3-1-2-4-7-13(12)17-10-11-18-15-9-5-8-14(15)17/h12-15H,1-11,16H2. The molecule has 3 nitrogen and oxygen atoms in total. The first-order chi connectivity index (χ1) is 8.86. The molecule has 18 heavy (non-hydrogen) atoms. The summed E-state index contributed by atoms with van der Waals surface area (Å²) in [4.78, 5) is 2.73. The Hall–Kier alpha value is -0.120. The highest BCUT2D eigenvalue weighted by molar-refractivity contribution is 4.95. The van der Waals surface area contributed by atoms with Gasteiger partial charge in [0.2, 0.25) is 0 Å². The maximum absolute atomic E-state index is 6.48. The molecule has 4 atom stereocenters. The molecule has 2 N–H and O–H groups in total. The Balaban J connectivity index is 1.70. The SMILES string of the molecule is NC1CCCCCCC1N1CCOC2CCCC21. The summed E-state index contributed by atoms with van der Waals surface area (Å²) in [6, 6.07) is 1.69. The fourth-order valence-electron chi connectivity index (χ4n) is 4.27. The van der Waals surface area contributed by atoms with Gasteiger partial charge in [0.15, 0.2) is 0 Å². The Kier molecular flexibility index (Phi) is 4.22. The third kappa shape index (κ3) is 2.59. The molecule has 3 fully saturated rings. The molecule has 3 rings (SSSR count). The predicted octanol–water partition coefficient (Wildman–Crippen LogP) is 2.29. The van der Waals surface area contributed by atoms with Crippen molar-refractivity contribution in [3.05, 3.63) is 0 Å². The summed E-state index contributed by atoms with van der Waals surface area (Å²) < 4.78 is 5.93. The van der Waals surface area contributed by atoms with Crippen molar-refractivity contribution in [2.24, 2.45) is 5.73 Å². The molecule has 3 aliphatic rings. The first kappa shape index (κ1) is 12.9. The van der Waals surface area contributed by atoms with Gasteiger partial charge in [-0.15, -0.1) is 0 Å². The van der Waals surface area contributed by atoms with Crippen LogP contribution >= 0.6 is 0 Å². The van der Waals surface area contributed by atoms with Crippen molar-refractivity contribution in [1.29, 1.82) is 0 Å². The molecule has 4 unspecified atom stereocenters. The van der Waals surface area contributed by atoms with Gasteiger partial charge in [0.05, 0.1) is 12.7 Å². The summed E-state index contributed by atoms with van der Waals surface area (Å²) >= 11 is 0. The van der Waals surface area contributed by atoms with Crippen molar-refractivity contribution in [3.8, 4) is 0 Å². The van der Waals surface area contributed by atoms with Crippen molar-refractivity contribution in [1.82, 2.24) is 4.90 Å². The number of hydrogen-bond donors (Lipinski definition) is 1. The van der Waals surface area contributed by atoms with Gasteiger partial charge in [-0.3, -0.25) is 4.90 Å². The average molecular weight is 252 g/mol. The number of nitrogens with zero attached hydrogens (tertiary/aromatic N) is 1. The Labute approximate surface area is 111 Å². The lowest BCUT2D eigenvalue weighted by molar-refractivity contribution is -0.0776. The predicted molar refractivity (Wildman–Crippen MR) is 73.6 cm³/mol. The molecule has 0 aromatic rings. The van der Waals surface area contributed by atoms with E-state index in [0.717, 1.165) is 13.2 Å². The van der Waals surface area contributed by atoms with Gasteiger partial charge >= 0.3 is 0 Å². The van der Waals surface area contributed by atoms with Gasteiger partial charge in [-0.1, -0.05) is 25.7 Å². The van der Waals surface area contributed by atoms with Crippen LogP contribution in [-0.4, -0.2) is 42.3 Å². The number of rotatable bonds is 1. The van der Waals surface area contributed by atoms with Crippen molar-refractivity contribution >= 4 is 0 Å². The molecule has 0 radical (unpaired) electrons. The molecular weight excluding hydrogens is 224 g/mol. The van der Waals surface area contributed by atoms with Gasteiger partial charge in [-0.05, 0) is 32.1 Å². The maximum Gasteiger partial charge on any atom is 0.0731 e. The maximum atomic E-state index is 6.48. The van der Waals surface area contributed by atoms with Gasteiger partial charge in [-0.2, -0.15) is 0 Å². The lowest BCUT2D eigenvalue weighted by Crippen LogP contribution is -2.58. The zero-order valence-electron chi connectivity index (χ0n) is 11.5. The van der Waals surface area contributed by atoms with Crippen molar-refractivity contribution in [2.75, 3.05) is 13.2 Å². The summed E-state index contributed by atoms with van der Waals surface area (Å²) in [5, 5.41) is 0. The largest absolute Gasteiger partial charge is 0.375 e. The van der Waals surface area contributed by atoms with Gasteiger partial charge in [0.25, 0.3) is 0 Å². The second-order valence-electron chi connectivity index (χ2n) is 6.37. The molecule has 1 heterocycles. The van der Waals surface area contributed by atoms with Crippen molar-refractivity contribution < 1.29 is 4.74 Å². The van der Waals surface area contributed by atoms with E-state index in [1.807, 2.05) is 0 Å². The van der Waals surface area contributed by atoms with Crippen LogP contribution in [-0.2, 0) is 4.74 Å². The van der Waals surface area contributed by atoms with Crippen LogP contribution in [0.3, 0.4) is 0 Å². The lowest BCUT2D eigenvalue weighted by Gasteiger charge is -2.45. The molecule has 0 amide bonds. The van der Waals surface area contributed by atoms with E-state index in [2.05, 4.69) is 4.90 Å². The summed E-state index contributed by atoms with van der Waals surface area (Å²) in [7, 11) is 0. The molecule has 104 valence electrons. The molecule has 1 aliphatic heterocycles. The van der Waals surface area contributed by atoms with Crippen LogP contribution < -0.4 is 5.73 Å². The monoisotopic (exact) mass is 252 g/mol. The fourth-order valence-corrected chi connectivity index (χ4v) is 4.27. The number of morpholine rings is 1. The highest BCUT2D eigenvalue weighted by atomic mass is 16.5. The highest BCUT2D eigenvalue weighted by Gasteiger charge is 2.40. The van der Waals surface area contributed by atoms with Crippen molar-refractivity contribution in [2.45, 2.75) is 82.0 Å². The van der Waals surface area contributed by atoms with E-state index in [9.17, 15) is 0 Å². The number of ether oxygens (including phenoxy) is 1. The van der Waals surface area contributed by atoms with Crippen LogP contribution in [0.1, 0.15) is 57.8 Å². The first-order valence-corrected chi connectivity index (χ1v) is 7.99. The van der Waals surface area contributed by atoms with Crippen LogP contribution in [0.15, 0.2) is 0 Å². The molecule has 0 aromatic heterocycles. The Morgan fingerprint density at radius 3 is 2.50 bits per heavy atom. The second-order valence-corrected chi connectivity index (χ2v) is 6.37. The normalized spacial score (nSPS) is 43.2. The molecule has 1 saturated heterocycles. The molecule has 0 bridgehead atoms. The zero-order valence-corrected chi connectivity index (χ0v) is 11.5. The average Bonchev–Trinajstić information content (AvgIpc) is 2.83. The quantitative estimate of drug-likeness (QED) is 0.778. The minimum absolute atomic E-state index is 0.393. The smallest absolute Gasteiger partial charge is 0.0731 e. The van der Waals surface area contributed by atoms with E-state index in [0.29, 0.717) is 24.2 Å². The third-order valence-electron chi connectivity index (χ3n) is 5.23.